The van der Waals surface area contributed by atoms with Gasteiger partial charge in [0.05, 0.1) is 16.9 Å². The summed E-state index contributed by atoms with van der Waals surface area (Å²) >= 11 is 5.91. The maximum atomic E-state index is 12.5. The Hall–Kier alpha value is -2.39. The Morgan fingerprint density at radius 2 is 1.81 bits per heavy atom. The SMILES string of the molecule is O=C(/C=C/c1ccccc1)n1c(CCl)nc2ccccc21. The number of aromatic nitrogens is 2. The number of allylic oxidation sites excluding steroid dienone is 1. The topological polar surface area (TPSA) is 34.9 Å². The number of rotatable bonds is 3. The van der Waals surface area contributed by atoms with Crippen molar-refractivity contribution in [3.8, 4) is 0 Å². The van der Waals surface area contributed by atoms with Gasteiger partial charge in [0.2, 0.25) is 0 Å². The standard InChI is InChI=1S/C17H13ClN2O/c18-12-16-19-14-8-4-5-9-15(14)20(16)17(21)11-10-13-6-2-1-3-7-13/h1-11H,12H2/b11-10+. The zero-order valence-electron chi connectivity index (χ0n) is 11.2. The molecule has 4 heteroatoms. The highest BCUT2D eigenvalue weighted by Crippen LogP contribution is 2.17. The Bertz CT molecular complexity index is 806. The Labute approximate surface area is 127 Å². The van der Waals surface area contributed by atoms with Gasteiger partial charge in [-0.25, -0.2) is 4.98 Å². The molecule has 0 saturated heterocycles. The Morgan fingerprint density at radius 3 is 2.57 bits per heavy atom. The molecule has 0 fully saturated rings. The highest BCUT2D eigenvalue weighted by atomic mass is 35.5. The zero-order valence-corrected chi connectivity index (χ0v) is 12.0. The van der Waals surface area contributed by atoms with E-state index in [4.69, 9.17) is 11.6 Å². The van der Waals surface area contributed by atoms with Crippen molar-refractivity contribution in [3.05, 3.63) is 72.1 Å². The summed E-state index contributed by atoms with van der Waals surface area (Å²) in [4.78, 5) is 16.8. The van der Waals surface area contributed by atoms with E-state index in [1.54, 1.807) is 16.7 Å². The van der Waals surface area contributed by atoms with Gasteiger partial charge in [-0.1, -0.05) is 42.5 Å². The molecule has 2 aromatic carbocycles. The first-order valence-corrected chi connectivity index (χ1v) is 7.13. The van der Waals surface area contributed by atoms with Gasteiger partial charge in [-0.3, -0.25) is 9.36 Å². The number of hydrogen-bond acceptors (Lipinski definition) is 2. The predicted molar refractivity (Wildman–Crippen MR) is 85.4 cm³/mol. The van der Waals surface area contributed by atoms with Gasteiger partial charge in [0, 0.05) is 6.08 Å². The largest absolute Gasteiger partial charge is 0.269 e. The van der Waals surface area contributed by atoms with Gasteiger partial charge in [0.15, 0.2) is 0 Å². The van der Waals surface area contributed by atoms with E-state index in [9.17, 15) is 4.79 Å². The van der Waals surface area contributed by atoms with Gasteiger partial charge < -0.3 is 0 Å². The molecule has 0 amide bonds. The van der Waals surface area contributed by atoms with Crippen LogP contribution in [0.2, 0.25) is 0 Å². The van der Waals surface area contributed by atoms with E-state index < -0.39 is 0 Å². The first-order valence-electron chi connectivity index (χ1n) is 6.59. The quantitative estimate of drug-likeness (QED) is 0.538. The summed E-state index contributed by atoms with van der Waals surface area (Å²) in [5.74, 6) is 0.600. The highest BCUT2D eigenvalue weighted by molar-refractivity contribution is 6.17. The van der Waals surface area contributed by atoms with Gasteiger partial charge in [-0.15, -0.1) is 11.6 Å². The van der Waals surface area contributed by atoms with Crippen LogP contribution >= 0.6 is 11.6 Å². The van der Waals surface area contributed by atoms with Crippen LogP contribution in [0.15, 0.2) is 60.7 Å². The second-order valence-electron chi connectivity index (χ2n) is 4.57. The summed E-state index contributed by atoms with van der Waals surface area (Å²) in [5, 5.41) is 0. The van der Waals surface area contributed by atoms with E-state index >= 15 is 0 Å². The molecule has 0 spiro atoms. The van der Waals surface area contributed by atoms with Gasteiger partial charge in [-0.2, -0.15) is 0 Å². The minimum atomic E-state index is -0.150. The molecule has 0 bridgehead atoms. The first kappa shape index (κ1) is 13.6. The van der Waals surface area contributed by atoms with Crippen LogP contribution in [0.5, 0.6) is 0 Å². The predicted octanol–water partition coefficient (Wildman–Crippen LogP) is 4.13. The van der Waals surface area contributed by atoms with Crippen LogP contribution in [0.25, 0.3) is 17.1 Å². The van der Waals surface area contributed by atoms with Gasteiger partial charge in [0.1, 0.15) is 5.82 Å². The molecule has 1 heterocycles. The van der Waals surface area contributed by atoms with E-state index in [-0.39, 0.29) is 11.8 Å². The molecule has 0 atom stereocenters. The van der Waals surface area contributed by atoms with Crippen LogP contribution in [-0.2, 0) is 5.88 Å². The summed E-state index contributed by atoms with van der Waals surface area (Å²) in [6.07, 6.45) is 3.33. The molecule has 21 heavy (non-hydrogen) atoms. The van der Waals surface area contributed by atoms with Gasteiger partial charge in [0.25, 0.3) is 5.91 Å². The van der Waals surface area contributed by atoms with Crippen molar-refractivity contribution >= 4 is 34.6 Å². The normalized spacial score (nSPS) is 11.3. The number of hydrogen-bond donors (Lipinski definition) is 0. The van der Waals surface area contributed by atoms with Crippen LogP contribution < -0.4 is 0 Å². The average Bonchev–Trinajstić information content (AvgIpc) is 2.92. The fraction of sp³-hybridized carbons (Fsp3) is 0.0588. The fourth-order valence-corrected chi connectivity index (χ4v) is 2.40. The van der Waals surface area contributed by atoms with Gasteiger partial charge >= 0.3 is 0 Å². The molecule has 0 aliphatic carbocycles. The van der Waals surface area contributed by atoms with Crippen LogP contribution in [0.4, 0.5) is 0 Å². The van der Waals surface area contributed by atoms with Crippen molar-refractivity contribution in [1.29, 1.82) is 0 Å². The second kappa shape index (κ2) is 5.94. The van der Waals surface area contributed by atoms with Crippen LogP contribution in [0.1, 0.15) is 16.2 Å². The molecule has 1 aromatic heterocycles. The monoisotopic (exact) mass is 296 g/mol. The van der Waals surface area contributed by atoms with Gasteiger partial charge in [-0.05, 0) is 23.8 Å². The lowest BCUT2D eigenvalue weighted by atomic mass is 10.2. The van der Waals surface area contributed by atoms with Crippen molar-refractivity contribution in [2.75, 3.05) is 0 Å². The van der Waals surface area contributed by atoms with Crippen molar-refractivity contribution in [1.82, 2.24) is 9.55 Å². The lowest BCUT2D eigenvalue weighted by molar-refractivity contribution is 0.0972. The molecular formula is C17H13ClN2O. The number of carbonyl (C=O) groups excluding carboxylic acids is 1. The molecule has 0 aliphatic heterocycles. The molecule has 3 aromatic rings. The van der Waals surface area contributed by atoms with E-state index in [0.717, 1.165) is 16.6 Å². The number of alkyl halides is 1. The molecule has 0 radical (unpaired) electrons. The third-order valence-electron chi connectivity index (χ3n) is 3.19. The summed E-state index contributed by atoms with van der Waals surface area (Å²) < 4.78 is 1.56. The van der Waals surface area contributed by atoms with Crippen LogP contribution in [0, 0.1) is 0 Å². The molecular weight excluding hydrogens is 284 g/mol. The molecule has 0 saturated carbocycles. The van der Waals surface area contributed by atoms with Crippen molar-refractivity contribution < 1.29 is 4.79 Å². The Kier molecular flexibility index (Phi) is 3.84. The zero-order chi connectivity index (χ0) is 14.7. The van der Waals surface area contributed by atoms with Crippen molar-refractivity contribution in [2.24, 2.45) is 0 Å². The van der Waals surface area contributed by atoms with Crippen molar-refractivity contribution in [3.63, 3.8) is 0 Å². The molecule has 104 valence electrons. The molecule has 0 unspecified atom stereocenters. The first-order chi connectivity index (χ1) is 10.3. The maximum absolute atomic E-state index is 12.5. The number of para-hydroxylation sites is 2. The molecule has 3 rings (SSSR count). The second-order valence-corrected chi connectivity index (χ2v) is 4.84. The number of imidazole rings is 1. The van der Waals surface area contributed by atoms with E-state index in [0.29, 0.717) is 5.82 Å². The number of fused-ring (bicyclic) bond motifs is 1. The maximum Gasteiger partial charge on any atom is 0.256 e. The van der Waals surface area contributed by atoms with Crippen LogP contribution in [0.3, 0.4) is 0 Å². The molecule has 0 N–H and O–H groups in total. The lowest BCUT2D eigenvalue weighted by Crippen LogP contribution is -2.10. The van der Waals surface area contributed by atoms with Crippen LogP contribution in [-0.4, -0.2) is 15.5 Å². The smallest absolute Gasteiger partial charge is 0.256 e. The van der Waals surface area contributed by atoms with E-state index in [1.807, 2.05) is 54.6 Å². The third kappa shape index (κ3) is 2.73. The summed E-state index contributed by atoms with van der Waals surface area (Å²) in [5.41, 5.74) is 2.52. The summed E-state index contributed by atoms with van der Waals surface area (Å²) in [6.45, 7) is 0. The van der Waals surface area contributed by atoms with Crippen molar-refractivity contribution in [2.45, 2.75) is 5.88 Å². The lowest BCUT2D eigenvalue weighted by Gasteiger charge is -2.02. The fourth-order valence-electron chi connectivity index (χ4n) is 2.22. The minimum Gasteiger partial charge on any atom is -0.269 e. The summed E-state index contributed by atoms with van der Waals surface area (Å²) in [6, 6.07) is 17.2. The average molecular weight is 297 g/mol. The number of benzene rings is 2. The Morgan fingerprint density at radius 1 is 1.10 bits per heavy atom. The third-order valence-corrected chi connectivity index (χ3v) is 3.43. The van der Waals surface area contributed by atoms with E-state index in [2.05, 4.69) is 4.98 Å². The van der Waals surface area contributed by atoms with E-state index in [1.165, 1.54) is 0 Å². The highest BCUT2D eigenvalue weighted by Gasteiger charge is 2.13. The Balaban J connectivity index is 2.00. The summed E-state index contributed by atoms with van der Waals surface area (Å²) in [7, 11) is 0. The number of halogens is 1. The molecule has 0 aliphatic rings. The number of nitrogens with zero attached hydrogens (tertiary/aromatic N) is 2. The minimum absolute atomic E-state index is 0.150. The number of carbonyl (C=O) groups is 1. The molecule has 3 nitrogen and oxygen atoms in total.